The minimum absolute atomic E-state index is 0.424. The molecule has 6 aliphatic rings. The van der Waals surface area contributed by atoms with Crippen LogP contribution in [0.25, 0.3) is 0 Å². The molecule has 6 aliphatic carbocycles. The smallest absolute Gasteiger partial charge is 0.0969 e. The van der Waals surface area contributed by atoms with Crippen molar-refractivity contribution in [2.24, 2.45) is 47.3 Å². The summed E-state index contributed by atoms with van der Waals surface area (Å²) in [6.45, 7) is 0. The minimum Gasteiger partial charge on any atom is -0.387 e. The van der Waals surface area contributed by atoms with Crippen molar-refractivity contribution in [3.05, 3.63) is 0 Å². The van der Waals surface area contributed by atoms with E-state index in [1.165, 1.54) is 51.4 Å². The molecule has 0 aromatic heterocycles. The van der Waals surface area contributed by atoms with Crippen LogP contribution in [-0.4, -0.2) is 21.4 Å². The summed E-state index contributed by atoms with van der Waals surface area (Å²) in [7, 11) is 0. The number of hydrogen-bond acceptors (Lipinski definition) is 2. The van der Waals surface area contributed by atoms with Gasteiger partial charge in [-0.3, -0.25) is 0 Å². The van der Waals surface area contributed by atoms with Crippen LogP contribution in [0.1, 0.15) is 64.2 Å². The molecule has 0 aromatic rings. The SMILES string of the molecule is O[C@@]1([C@]2(O)C[C@@H]3CC[C@H]4CC[C@H]2[C@H]43)C[C@@H]2CC[C@@H]3CC[C@@H]1[C@H]32. The van der Waals surface area contributed by atoms with Crippen molar-refractivity contribution in [3.63, 3.8) is 0 Å². The summed E-state index contributed by atoms with van der Waals surface area (Å²) < 4.78 is 0. The van der Waals surface area contributed by atoms with Gasteiger partial charge in [0.05, 0.1) is 11.2 Å². The van der Waals surface area contributed by atoms with Gasteiger partial charge in [-0.05, 0) is 112 Å². The van der Waals surface area contributed by atoms with Crippen LogP contribution in [-0.2, 0) is 0 Å². The molecule has 122 valence electrons. The molecule has 2 heteroatoms. The van der Waals surface area contributed by atoms with E-state index in [1.54, 1.807) is 0 Å². The van der Waals surface area contributed by atoms with Gasteiger partial charge < -0.3 is 10.2 Å². The molecule has 10 atom stereocenters. The predicted octanol–water partition coefficient (Wildman–Crippen LogP) is 3.36. The molecule has 2 N–H and O–H groups in total. The van der Waals surface area contributed by atoms with Crippen LogP contribution in [0, 0.1) is 47.3 Å². The lowest BCUT2D eigenvalue weighted by molar-refractivity contribution is -0.194. The van der Waals surface area contributed by atoms with Crippen molar-refractivity contribution in [3.8, 4) is 0 Å². The van der Waals surface area contributed by atoms with E-state index in [-0.39, 0.29) is 0 Å². The van der Waals surface area contributed by atoms with E-state index in [0.29, 0.717) is 11.8 Å². The van der Waals surface area contributed by atoms with E-state index in [4.69, 9.17) is 0 Å². The van der Waals surface area contributed by atoms with E-state index in [2.05, 4.69) is 0 Å². The largest absolute Gasteiger partial charge is 0.387 e. The molecule has 0 radical (unpaired) electrons. The molecule has 0 spiro atoms. The molecule has 0 aliphatic heterocycles. The molecule has 22 heavy (non-hydrogen) atoms. The maximum absolute atomic E-state index is 11.9. The number of aliphatic hydroxyl groups is 2. The van der Waals surface area contributed by atoms with Gasteiger partial charge in [0, 0.05) is 0 Å². The third-order valence-corrected chi connectivity index (χ3v) is 9.74. The van der Waals surface area contributed by atoms with Gasteiger partial charge in [0.1, 0.15) is 0 Å². The lowest BCUT2D eigenvalue weighted by Crippen LogP contribution is -2.59. The highest BCUT2D eigenvalue weighted by Gasteiger charge is 2.73. The summed E-state index contributed by atoms with van der Waals surface area (Å²) in [6, 6.07) is 0. The Kier molecular flexibility index (Phi) is 2.37. The standard InChI is InChI=1S/C20H30O2/c21-19(9-13-3-1-11-5-7-15(19)17(11)13)20(22)10-14-4-2-12-6-8-16(20)18(12)14/h11-18,21-22H,1-10H2/t11-,12+,13-,14-,15-,16+,17+,18+,19-,20-/m0/s1. The Bertz CT molecular complexity index is 472. The number of rotatable bonds is 1. The highest BCUT2D eigenvalue weighted by Crippen LogP contribution is 2.71. The summed E-state index contributed by atoms with van der Waals surface area (Å²) in [5, 5.41) is 23.7. The first-order chi connectivity index (χ1) is 10.6. The summed E-state index contributed by atoms with van der Waals surface area (Å²) in [5.41, 5.74) is -1.47. The van der Waals surface area contributed by atoms with Crippen molar-refractivity contribution in [2.45, 2.75) is 75.4 Å². The Morgan fingerprint density at radius 3 is 1.32 bits per heavy atom. The summed E-state index contributed by atoms with van der Waals surface area (Å²) in [4.78, 5) is 0. The van der Waals surface area contributed by atoms with Crippen LogP contribution < -0.4 is 0 Å². The van der Waals surface area contributed by atoms with Crippen LogP contribution in [0.4, 0.5) is 0 Å². The van der Waals surface area contributed by atoms with Crippen LogP contribution in [0.3, 0.4) is 0 Å². The maximum Gasteiger partial charge on any atom is 0.0969 e. The van der Waals surface area contributed by atoms with Crippen molar-refractivity contribution in [1.29, 1.82) is 0 Å². The van der Waals surface area contributed by atoms with Crippen LogP contribution in [0.5, 0.6) is 0 Å². The van der Waals surface area contributed by atoms with Crippen molar-refractivity contribution < 1.29 is 10.2 Å². The zero-order chi connectivity index (χ0) is 14.7. The topological polar surface area (TPSA) is 40.5 Å². The molecule has 0 amide bonds. The van der Waals surface area contributed by atoms with E-state index >= 15 is 0 Å². The van der Waals surface area contributed by atoms with Crippen molar-refractivity contribution in [1.82, 2.24) is 0 Å². The second-order valence-corrected chi connectivity index (χ2v) is 9.97. The van der Waals surface area contributed by atoms with Gasteiger partial charge in [-0.25, -0.2) is 0 Å². The van der Waals surface area contributed by atoms with Gasteiger partial charge in [-0.2, -0.15) is 0 Å². The van der Waals surface area contributed by atoms with Gasteiger partial charge in [-0.1, -0.05) is 0 Å². The number of hydrogen-bond donors (Lipinski definition) is 2. The first-order valence-electron chi connectivity index (χ1n) is 10.1. The third kappa shape index (κ3) is 1.27. The molecular weight excluding hydrogens is 272 g/mol. The third-order valence-electron chi connectivity index (χ3n) is 9.74. The first-order valence-corrected chi connectivity index (χ1v) is 10.1. The minimum atomic E-state index is -0.735. The Morgan fingerprint density at radius 2 is 0.864 bits per heavy atom. The zero-order valence-electron chi connectivity index (χ0n) is 13.6. The summed E-state index contributed by atoms with van der Waals surface area (Å²) in [5.74, 6) is 5.57. The van der Waals surface area contributed by atoms with Gasteiger partial charge in [0.2, 0.25) is 0 Å². The maximum atomic E-state index is 11.9. The highest BCUT2D eigenvalue weighted by atomic mass is 16.4. The average Bonchev–Trinajstić information content (AvgIpc) is 3.24. The molecule has 2 nitrogen and oxygen atoms in total. The Hall–Kier alpha value is -0.0800. The fourth-order valence-electron chi connectivity index (χ4n) is 9.24. The average molecular weight is 302 g/mol. The van der Waals surface area contributed by atoms with Crippen LogP contribution in [0.15, 0.2) is 0 Å². The summed E-state index contributed by atoms with van der Waals surface area (Å²) >= 11 is 0. The Morgan fingerprint density at radius 1 is 0.500 bits per heavy atom. The molecule has 0 heterocycles. The van der Waals surface area contributed by atoms with Crippen molar-refractivity contribution in [2.75, 3.05) is 0 Å². The predicted molar refractivity (Wildman–Crippen MR) is 84.0 cm³/mol. The summed E-state index contributed by atoms with van der Waals surface area (Å²) in [6.07, 6.45) is 12.3. The normalized spacial score (nSPS) is 67.9. The molecule has 0 saturated heterocycles. The second kappa shape index (κ2) is 3.94. The molecule has 0 aromatic carbocycles. The lowest BCUT2D eigenvalue weighted by atomic mass is 9.67. The first kappa shape index (κ1) is 13.2. The molecular formula is C20H30O2. The van der Waals surface area contributed by atoms with Gasteiger partial charge in [-0.15, -0.1) is 0 Å². The zero-order valence-corrected chi connectivity index (χ0v) is 13.6. The fraction of sp³-hybridized carbons (Fsp3) is 1.00. The molecule has 6 rings (SSSR count). The molecule has 6 fully saturated rings. The van der Waals surface area contributed by atoms with Gasteiger partial charge in [0.25, 0.3) is 0 Å². The van der Waals surface area contributed by atoms with Gasteiger partial charge in [0.15, 0.2) is 0 Å². The molecule has 6 saturated carbocycles. The van der Waals surface area contributed by atoms with Crippen molar-refractivity contribution >= 4 is 0 Å². The highest BCUT2D eigenvalue weighted by molar-refractivity contribution is 5.23. The van der Waals surface area contributed by atoms with E-state index in [1.807, 2.05) is 0 Å². The van der Waals surface area contributed by atoms with E-state index < -0.39 is 11.2 Å². The Labute approximate surface area is 133 Å². The monoisotopic (exact) mass is 302 g/mol. The fourth-order valence-corrected chi connectivity index (χ4v) is 9.24. The van der Waals surface area contributed by atoms with Crippen LogP contribution >= 0.6 is 0 Å². The molecule has 0 unspecified atom stereocenters. The quantitative estimate of drug-likeness (QED) is 0.780. The van der Waals surface area contributed by atoms with Gasteiger partial charge >= 0.3 is 0 Å². The Balaban J connectivity index is 1.41. The molecule has 0 bridgehead atoms. The lowest BCUT2D eigenvalue weighted by Gasteiger charge is -2.47. The second-order valence-electron chi connectivity index (χ2n) is 9.97. The van der Waals surface area contributed by atoms with Crippen LogP contribution in [0.2, 0.25) is 0 Å². The van der Waals surface area contributed by atoms with E-state index in [9.17, 15) is 10.2 Å². The van der Waals surface area contributed by atoms with E-state index in [0.717, 1.165) is 48.3 Å².